The van der Waals surface area contributed by atoms with Crippen LogP contribution in [0, 0.1) is 35.5 Å². The van der Waals surface area contributed by atoms with Gasteiger partial charge in [0.2, 0.25) is 17.8 Å². The van der Waals surface area contributed by atoms with Crippen molar-refractivity contribution in [1.29, 1.82) is 0 Å². The van der Waals surface area contributed by atoms with Gasteiger partial charge in [0.15, 0.2) is 6.30 Å². The summed E-state index contributed by atoms with van der Waals surface area (Å²) >= 11 is 6.38. The second-order valence-corrected chi connectivity index (χ2v) is 12.2. The predicted octanol–water partition coefficient (Wildman–Crippen LogP) is 3.28. The van der Waals surface area contributed by atoms with E-state index >= 15 is 0 Å². The Bertz CT molecular complexity index is 798. The van der Waals surface area contributed by atoms with E-state index in [1.165, 1.54) is 0 Å². The van der Waals surface area contributed by atoms with Crippen molar-refractivity contribution >= 4 is 29.4 Å². The Morgan fingerprint density at radius 3 is 2.63 bits per heavy atom. The minimum Gasteiger partial charge on any atom is -0.356 e. The van der Waals surface area contributed by atoms with Gasteiger partial charge in [0.1, 0.15) is 0 Å². The number of halogens is 2. The number of piperidine rings is 1. The number of likely N-dealkylation sites (N-methyl/N-ethyl adjacent to an activating group) is 1. The molecular formula is C26H43ClFN5O2. The Kier molecular flexibility index (Phi) is 8.95. The van der Waals surface area contributed by atoms with Crippen molar-refractivity contribution in [2.75, 3.05) is 26.7 Å². The van der Waals surface area contributed by atoms with E-state index in [1.807, 2.05) is 11.9 Å². The highest BCUT2D eigenvalue weighted by Crippen LogP contribution is 2.42. The lowest BCUT2D eigenvalue weighted by Gasteiger charge is -2.43. The number of alkyl halides is 2. The number of nitrogens with zero attached hydrogens (tertiary/aromatic N) is 2. The molecule has 35 heavy (non-hydrogen) atoms. The number of rotatable bonds is 6. The van der Waals surface area contributed by atoms with Gasteiger partial charge in [-0.25, -0.2) is 4.39 Å². The molecule has 0 bridgehead atoms. The molecule has 0 spiro atoms. The van der Waals surface area contributed by atoms with E-state index in [2.05, 4.69) is 29.8 Å². The molecule has 198 valence electrons. The van der Waals surface area contributed by atoms with Crippen LogP contribution in [0.4, 0.5) is 4.39 Å². The molecule has 3 N–H and O–H groups in total. The fraction of sp³-hybridized carbons (Fsp3) is 0.885. The number of guanidine groups is 1. The summed E-state index contributed by atoms with van der Waals surface area (Å²) in [6, 6.07) is 0.102. The Morgan fingerprint density at radius 1 is 1.14 bits per heavy atom. The molecule has 7 nitrogen and oxygen atoms in total. The number of nitrogens with one attached hydrogen (secondary N) is 3. The molecule has 2 aliphatic carbocycles. The Morgan fingerprint density at radius 2 is 1.94 bits per heavy atom. The highest BCUT2D eigenvalue weighted by atomic mass is 35.5. The van der Waals surface area contributed by atoms with Gasteiger partial charge >= 0.3 is 0 Å². The van der Waals surface area contributed by atoms with Crippen LogP contribution in [0.3, 0.4) is 0 Å². The number of amides is 2. The zero-order valence-corrected chi connectivity index (χ0v) is 22.2. The van der Waals surface area contributed by atoms with Crippen molar-refractivity contribution in [2.24, 2.45) is 40.5 Å². The van der Waals surface area contributed by atoms with E-state index in [9.17, 15) is 14.0 Å². The first kappa shape index (κ1) is 26.6. The lowest BCUT2D eigenvalue weighted by Crippen LogP contribution is -2.49. The van der Waals surface area contributed by atoms with Crippen molar-refractivity contribution < 1.29 is 14.0 Å². The van der Waals surface area contributed by atoms with E-state index < -0.39 is 6.30 Å². The summed E-state index contributed by atoms with van der Waals surface area (Å²) in [6.45, 7) is 5.93. The fourth-order valence-corrected chi connectivity index (χ4v) is 7.12. The van der Waals surface area contributed by atoms with Crippen LogP contribution in [0.15, 0.2) is 4.99 Å². The molecular weight excluding hydrogens is 469 g/mol. The van der Waals surface area contributed by atoms with Crippen molar-refractivity contribution in [1.82, 2.24) is 20.9 Å². The van der Waals surface area contributed by atoms with Gasteiger partial charge in [-0.3, -0.25) is 25.2 Å². The second-order valence-electron chi connectivity index (χ2n) is 11.7. The number of carbonyl (C=O) groups is 2. The number of carbonyl (C=O) groups excluding carboxylic acids is 2. The van der Waals surface area contributed by atoms with E-state index in [0.717, 1.165) is 51.5 Å². The summed E-state index contributed by atoms with van der Waals surface area (Å²) in [5.41, 5.74) is 0. The van der Waals surface area contributed by atoms with Crippen LogP contribution in [-0.4, -0.2) is 67.1 Å². The van der Waals surface area contributed by atoms with Crippen LogP contribution in [0.2, 0.25) is 0 Å². The van der Waals surface area contributed by atoms with Gasteiger partial charge in [-0.1, -0.05) is 6.92 Å². The SMILES string of the molecule is CC1CC(CNC(=O)C2CC(CN=C3NC(=O)CN3C)CC(C3CCC(F)NC3C)C2)CCC1Cl. The summed E-state index contributed by atoms with van der Waals surface area (Å²) in [4.78, 5) is 31.6. The van der Waals surface area contributed by atoms with E-state index in [1.54, 1.807) is 0 Å². The van der Waals surface area contributed by atoms with Crippen LogP contribution < -0.4 is 16.0 Å². The van der Waals surface area contributed by atoms with Gasteiger partial charge in [0.05, 0.1) is 6.54 Å². The monoisotopic (exact) mass is 511 g/mol. The molecule has 9 heteroatoms. The third kappa shape index (κ3) is 6.88. The average Bonchev–Trinajstić information content (AvgIpc) is 3.14. The number of hydrogen-bond donors (Lipinski definition) is 3. The lowest BCUT2D eigenvalue weighted by molar-refractivity contribution is -0.128. The zero-order valence-electron chi connectivity index (χ0n) is 21.4. The standard InChI is InChI=1S/C26H43ClFN5O2/c1-15-8-17(4-6-22(15)27)12-29-25(35)20-10-18(13-30-26-32-24(34)14-33(26)3)9-19(11-20)21-5-7-23(28)31-16(21)2/h15-23,31H,4-14H2,1-3H3,(H,29,35)(H,30,32,34). The van der Waals surface area contributed by atoms with Crippen molar-refractivity contribution in [3.05, 3.63) is 0 Å². The van der Waals surface area contributed by atoms with Crippen molar-refractivity contribution in [2.45, 2.75) is 82.9 Å². The van der Waals surface area contributed by atoms with Crippen molar-refractivity contribution in [3.8, 4) is 0 Å². The van der Waals surface area contributed by atoms with Crippen LogP contribution in [0.25, 0.3) is 0 Å². The van der Waals surface area contributed by atoms with Gasteiger partial charge < -0.3 is 10.2 Å². The molecule has 0 aromatic heterocycles. The van der Waals surface area contributed by atoms with Gasteiger partial charge in [-0.15, -0.1) is 11.6 Å². The maximum Gasteiger partial charge on any atom is 0.246 e. The third-order valence-electron chi connectivity index (χ3n) is 8.89. The molecule has 9 atom stereocenters. The molecule has 2 aliphatic heterocycles. The first-order chi connectivity index (χ1) is 16.7. The van der Waals surface area contributed by atoms with Gasteiger partial charge in [0.25, 0.3) is 0 Å². The molecule has 0 radical (unpaired) electrons. The molecule has 2 heterocycles. The second kappa shape index (κ2) is 11.8. The highest BCUT2D eigenvalue weighted by Gasteiger charge is 2.40. The fourth-order valence-electron chi connectivity index (χ4n) is 6.89. The maximum atomic E-state index is 13.9. The average molecular weight is 512 g/mol. The highest BCUT2D eigenvalue weighted by molar-refractivity contribution is 6.20. The van der Waals surface area contributed by atoms with Crippen LogP contribution >= 0.6 is 11.6 Å². The molecule has 2 amide bonds. The minimum absolute atomic E-state index is 0.0366. The minimum atomic E-state index is -0.932. The zero-order chi connectivity index (χ0) is 25.1. The summed E-state index contributed by atoms with van der Waals surface area (Å²) in [5.74, 6) is 2.67. The Labute approximate surface area is 214 Å². The smallest absolute Gasteiger partial charge is 0.246 e. The first-order valence-corrected chi connectivity index (χ1v) is 14.0. The molecule has 2 saturated carbocycles. The first-order valence-electron chi connectivity index (χ1n) is 13.6. The molecule has 0 aromatic rings. The van der Waals surface area contributed by atoms with E-state index in [0.29, 0.717) is 49.1 Å². The quantitative estimate of drug-likeness (QED) is 0.377. The molecule has 2 saturated heterocycles. The normalized spacial score (nSPS) is 41.6. The maximum absolute atomic E-state index is 13.9. The molecule has 4 aliphatic rings. The van der Waals surface area contributed by atoms with Gasteiger partial charge in [0, 0.05) is 37.5 Å². The van der Waals surface area contributed by atoms with Gasteiger partial charge in [-0.2, -0.15) is 0 Å². The van der Waals surface area contributed by atoms with E-state index in [4.69, 9.17) is 16.6 Å². The third-order valence-corrected chi connectivity index (χ3v) is 9.54. The molecule has 0 aromatic carbocycles. The Hall–Kier alpha value is -1.41. The van der Waals surface area contributed by atoms with Crippen LogP contribution in [0.1, 0.15) is 65.2 Å². The summed E-state index contributed by atoms with van der Waals surface area (Å²) in [7, 11) is 1.86. The number of aliphatic imine (C=N–C) groups is 1. The largest absolute Gasteiger partial charge is 0.356 e. The summed E-state index contributed by atoms with van der Waals surface area (Å²) < 4.78 is 13.9. The Balaban J connectivity index is 1.39. The molecule has 9 unspecified atom stereocenters. The lowest BCUT2D eigenvalue weighted by atomic mass is 9.66. The van der Waals surface area contributed by atoms with Crippen LogP contribution in [0.5, 0.6) is 0 Å². The number of hydrogen-bond acceptors (Lipinski definition) is 4. The molecule has 4 rings (SSSR count). The molecule has 4 fully saturated rings. The van der Waals surface area contributed by atoms with Crippen LogP contribution in [-0.2, 0) is 9.59 Å². The predicted molar refractivity (Wildman–Crippen MR) is 137 cm³/mol. The van der Waals surface area contributed by atoms with E-state index in [-0.39, 0.29) is 35.1 Å². The van der Waals surface area contributed by atoms with Crippen molar-refractivity contribution in [3.63, 3.8) is 0 Å². The van der Waals surface area contributed by atoms with Gasteiger partial charge in [-0.05, 0) is 87.9 Å². The summed E-state index contributed by atoms with van der Waals surface area (Å²) in [6.07, 6.45) is 6.26. The topological polar surface area (TPSA) is 85.8 Å². The summed E-state index contributed by atoms with van der Waals surface area (Å²) in [5, 5.41) is 9.44.